The van der Waals surface area contributed by atoms with Crippen molar-refractivity contribution in [3.05, 3.63) is 29.8 Å². The zero-order chi connectivity index (χ0) is 12.8. The Morgan fingerprint density at radius 2 is 2.11 bits per heavy atom. The number of ether oxygens (including phenoxy) is 1. The molecule has 0 unspecified atom stereocenters. The van der Waals surface area contributed by atoms with E-state index in [-0.39, 0.29) is 0 Å². The van der Waals surface area contributed by atoms with Crippen molar-refractivity contribution in [2.75, 3.05) is 26.7 Å². The van der Waals surface area contributed by atoms with Crippen LogP contribution in [0.1, 0.15) is 25.3 Å². The number of hydrogen-bond acceptors (Lipinski definition) is 3. The van der Waals surface area contributed by atoms with Gasteiger partial charge in [0, 0.05) is 12.6 Å². The molecule has 0 aromatic heterocycles. The molecular weight excluding hydrogens is 224 g/mol. The minimum Gasteiger partial charge on any atom is -0.497 e. The van der Waals surface area contributed by atoms with E-state index < -0.39 is 0 Å². The van der Waals surface area contributed by atoms with Gasteiger partial charge in [0.05, 0.1) is 7.11 Å². The van der Waals surface area contributed by atoms with Crippen LogP contribution in [0.15, 0.2) is 24.3 Å². The fourth-order valence-corrected chi connectivity index (χ4v) is 2.50. The van der Waals surface area contributed by atoms with Crippen LogP contribution in [-0.4, -0.2) is 37.7 Å². The lowest BCUT2D eigenvalue weighted by molar-refractivity contribution is 0.206. The number of piperidine rings is 1. The molecule has 1 aliphatic heterocycles. The highest BCUT2D eigenvalue weighted by molar-refractivity contribution is 5.28. The normalized spacial score (nSPS) is 17.9. The minimum absolute atomic E-state index is 0.666. The number of methoxy groups -OCH3 is 1. The average molecular weight is 248 g/mol. The van der Waals surface area contributed by atoms with Crippen LogP contribution in [0.2, 0.25) is 0 Å². The maximum atomic E-state index is 5.24. The predicted octanol–water partition coefficient (Wildman–Crippen LogP) is 2.27. The van der Waals surface area contributed by atoms with Crippen LogP contribution in [0.3, 0.4) is 0 Å². The summed E-state index contributed by atoms with van der Waals surface area (Å²) in [5.74, 6) is 0.940. The molecular formula is C15H24N2O. The first-order valence-electron chi connectivity index (χ1n) is 6.90. The Bertz CT molecular complexity index is 359. The molecule has 100 valence electrons. The van der Waals surface area contributed by atoms with Crippen molar-refractivity contribution in [3.63, 3.8) is 0 Å². The molecule has 1 aromatic carbocycles. The van der Waals surface area contributed by atoms with E-state index in [9.17, 15) is 0 Å². The average Bonchev–Trinajstić information content (AvgIpc) is 2.46. The molecule has 2 rings (SSSR count). The molecule has 0 saturated carbocycles. The van der Waals surface area contributed by atoms with Crippen molar-refractivity contribution in [1.29, 1.82) is 0 Å². The van der Waals surface area contributed by atoms with Gasteiger partial charge in [0.15, 0.2) is 0 Å². The Hall–Kier alpha value is -1.06. The second-order valence-electron chi connectivity index (χ2n) is 4.94. The summed E-state index contributed by atoms with van der Waals surface area (Å²) < 4.78 is 5.24. The highest BCUT2D eigenvalue weighted by atomic mass is 16.5. The van der Waals surface area contributed by atoms with Crippen LogP contribution in [0.4, 0.5) is 0 Å². The molecule has 18 heavy (non-hydrogen) atoms. The summed E-state index contributed by atoms with van der Waals surface area (Å²) in [6.45, 7) is 6.82. The van der Waals surface area contributed by atoms with Crippen LogP contribution in [-0.2, 0) is 6.54 Å². The first-order chi connectivity index (χ1) is 8.81. The van der Waals surface area contributed by atoms with Crippen LogP contribution in [0, 0.1) is 0 Å². The third-order valence-corrected chi connectivity index (χ3v) is 3.76. The number of hydrogen-bond donors (Lipinski definition) is 1. The SMILES string of the molecule is CCN1CCC(NCc2cccc(OC)c2)CC1. The van der Waals surface area contributed by atoms with Crippen molar-refractivity contribution in [3.8, 4) is 5.75 Å². The maximum Gasteiger partial charge on any atom is 0.119 e. The van der Waals surface area contributed by atoms with Crippen LogP contribution < -0.4 is 10.1 Å². The summed E-state index contributed by atoms with van der Waals surface area (Å²) in [7, 11) is 1.72. The Balaban J connectivity index is 1.77. The van der Waals surface area contributed by atoms with Gasteiger partial charge in [0.2, 0.25) is 0 Å². The van der Waals surface area contributed by atoms with Gasteiger partial charge in [-0.2, -0.15) is 0 Å². The Morgan fingerprint density at radius 3 is 2.78 bits per heavy atom. The van der Waals surface area contributed by atoms with Crippen LogP contribution >= 0.6 is 0 Å². The van der Waals surface area contributed by atoms with E-state index in [4.69, 9.17) is 4.74 Å². The quantitative estimate of drug-likeness (QED) is 0.865. The van der Waals surface area contributed by atoms with Gasteiger partial charge in [-0.1, -0.05) is 19.1 Å². The van der Waals surface area contributed by atoms with Crippen molar-refractivity contribution >= 4 is 0 Å². The smallest absolute Gasteiger partial charge is 0.119 e. The van der Waals surface area contributed by atoms with Crippen molar-refractivity contribution in [2.24, 2.45) is 0 Å². The van der Waals surface area contributed by atoms with Gasteiger partial charge in [-0.15, -0.1) is 0 Å². The largest absolute Gasteiger partial charge is 0.497 e. The topological polar surface area (TPSA) is 24.5 Å². The van der Waals surface area contributed by atoms with Crippen molar-refractivity contribution in [1.82, 2.24) is 10.2 Å². The number of nitrogens with zero attached hydrogens (tertiary/aromatic N) is 1. The lowest BCUT2D eigenvalue weighted by Crippen LogP contribution is -2.42. The van der Waals surface area contributed by atoms with Gasteiger partial charge in [-0.3, -0.25) is 0 Å². The Morgan fingerprint density at radius 1 is 1.33 bits per heavy atom. The van der Waals surface area contributed by atoms with Crippen LogP contribution in [0.5, 0.6) is 5.75 Å². The summed E-state index contributed by atoms with van der Waals surface area (Å²) in [6, 6.07) is 8.96. The number of rotatable bonds is 5. The van der Waals surface area contributed by atoms with Crippen LogP contribution in [0.25, 0.3) is 0 Å². The molecule has 1 saturated heterocycles. The van der Waals surface area contributed by atoms with Gasteiger partial charge in [-0.05, 0) is 50.2 Å². The molecule has 0 radical (unpaired) electrons. The summed E-state index contributed by atoms with van der Waals surface area (Å²) in [6.07, 6.45) is 2.52. The standard InChI is InChI=1S/C15H24N2O/c1-3-17-9-7-14(8-10-17)16-12-13-5-4-6-15(11-13)18-2/h4-6,11,14,16H,3,7-10,12H2,1-2H3. The molecule has 1 heterocycles. The maximum absolute atomic E-state index is 5.24. The molecule has 1 aliphatic rings. The summed E-state index contributed by atoms with van der Waals surface area (Å²) in [5, 5.41) is 3.65. The fraction of sp³-hybridized carbons (Fsp3) is 0.600. The molecule has 0 spiro atoms. The third-order valence-electron chi connectivity index (χ3n) is 3.76. The summed E-state index contributed by atoms with van der Waals surface area (Å²) in [4.78, 5) is 2.52. The van der Waals surface area contributed by atoms with Gasteiger partial charge in [-0.25, -0.2) is 0 Å². The molecule has 0 amide bonds. The first-order valence-corrected chi connectivity index (χ1v) is 6.90. The van der Waals surface area contributed by atoms with Gasteiger partial charge in [0.25, 0.3) is 0 Å². The monoisotopic (exact) mass is 248 g/mol. The molecule has 1 fully saturated rings. The van der Waals surface area contributed by atoms with Crippen molar-refractivity contribution < 1.29 is 4.74 Å². The van der Waals surface area contributed by atoms with E-state index in [1.807, 2.05) is 6.07 Å². The number of nitrogens with one attached hydrogen (secondary N) is 1. The van der Waals surface area contributed by atoms with E-state index in [0.717, 1.165) is 12.3 Å². The van der Waals surface area contributed by atoms with Gasteiger partial charge >= 0.3 is 0 Å². The van der Waals surface area contributed by atoms with E-state index in [0.29, 0.717) is 6.04 Å². The number of likely N-dealkylation sites (tertiary alicyclic amines) is 1. The zero-order valence-corrected chi connectivity index (χ0v) is 11.5. The number of benzene rings is 1. The molecule has 0 atom stereocenters. The lowest BCUT2D eigenvalue weighted by atomic mass is 10.0. The van der Waals surface area contributed by atoms with Gasteiger partial charge < -0.3 is 15.0 Å². The fourth-order valence-electron chi connectivity index (χ4n) is 2.50. The highest BCUT2D eigenvalue weighted by Gasteiger charge is 2.17. The predicted molar refractivity (Wildman–Crippen MR) is 75.0 cm³/mol. The highest BCUT2D eigenvalue weighted by Crippen LogP contribution is 2.14. The van der Waals surface area contributed by atoms with E-state index in [1.54, 1.807) is 7.11 Å². The molecule has 1 aromatic rings. The second-order valence-corrected chi connectivity index (χ2v) is 4.94. The minimum atomic E-state index is 0.666. The summed E-state index contributed by atoms with van der Waals surface area (Å²) >= 11 is 0. The second kappa shape index (κ2) is 6.76. The molecule has 3 nitrogen and oxygen atoms in total. The van der Waals surface area contributed by atoms with E-state index >= 15 is 0 Å². The first kappa shape index (κ1) is 13.4. The van der Waals surface area contributed by atoms with E-state index in [1.165, 1.54) is 38.0 Å². The Labute approximate surface area is 110 Å². The zero-order valence-electron chi connectivity index (χ0n) is 11.5. The lowest BCUT2D eigenvalue weighted by Gasteiger charge is -2.31. The van der Waals surface area contributed by atoms with Gasteiger partial charge in [0.1, 0.15) is 5.75 Å². The summed E-state index contributed by atoms with van der Waals surface area (Å²) in [5.41, 5.74) is 1.30. The van der Waals surface area contributed by atoms with E-state index in [2.05, 4.69) is 35.3 Å². The molecule has 0 aliphatic carbocycles. The molecule has 0 bridgehead atoms. The third kappa shape index (κ3) is 3.72. The molecule has 1 N–H and O–H groups in total. The van der Waals surface area contributed by atoms with Crippen molar-refractivity contribution in [2.45, 2.75) is 32.4 Å². The Kier molecular flexibility index (Phi) is 5.02. The molecule has 3 heteroatoms.